The second-order valence-electron chi connectivity index (χ2n) is 5.36. The number of carbonyl (C=O) groups is 1. The Bertz CT molecular complexity index is 536. The molecule has 7 heteroatoms. The fraction of sp³-hybridized carbons (Fsp3) is 0.500. The molecule has 1 amide bonds. The van der Waals surface area contributed by atoms with E-state index < -0.39 is 34.7 Å². The average molecular weight is 304 g/mol. The number of carbonyl (C=O) groups excluding carboxylic acids is 1. The van der Waals surface area contributed by atoms with E-state index >= 15 is 0 Å². The van der Waals surface area contributed by atoms with Gasteiger partial charge in [-0.15, -0.1) is 0 Å². The zero-order valence-corrected chi connectivity index (χ0v) is 11.5. The molecule has 21 heavy (non-hydrogen) atoms. The maximum atomic E-state index is 13.6. The lowest BCUT2D eigenvalue weighted by molar-refractivity contribution is 0.0648. The van der Waals surface area contributed by atoms with Gasteiger partial charge < -0.3 is 10.6 Å². The van der Waals surface area contributed by atoms with E-state index in [0.717, 1.165) is 6.42 Å². The molecule has 0 unspecified atom stereocenters. The van der Waals surface area contributed by atoms with Crippen molar-refractivity contribution in [3.05, 3.63) is 34.9 Å². The number of rotatable bonds is 2. The first-order valence-corrected chi connectivity index (χ1v) is 6.70. The van der Waals surface area contributed by atoms with Crippen LogP contribution in [0.15, 0.2) is 6.07 Å². The van der Waals surface area contributed by atoms with Gasteiger partial charge in [-0.3, -0.25) is 4.79 Å². The van der Waals surface area contributed by atoms with E-state index in [1.165, 1.54) is 4.90 Å². The molecule has 116 valence electrons. The molecule has 3 nitrogen and oxygen atoms in total. The predicted octanol–water partition coefficient (Wildman–Crippen LogP) is 2.44. The van der Waals surface area contributed by atoms with Gasteiger partial charge in [-0.25, -0.2) is 17.6 Å². The summed E-state index contributed by atoms with van der Waals surface area (Å²) < 4.78 is 53.7. The van der Waals surface area contributed by atoms with Crippen molar-refractivity contribution in [2.45, 2.75) is 25.8 Å². The number of hydrogen-bond acceptors (Lipinski definition) is 2. The van der Waals surface area contributed by atoms with Gasteiger partial charge in [0.05, 0.1) is 0 Å². The maximum absolute atomic E-state index is 13.6. The summed E-state index contributed by atoms with van der Waals surface area (Å²) in [6.07, 6.45) is 1.42. The molecule has 0 aliphatic carbocycles. The third kappa shape index (κ3) is 3.02. The van der Waals surface area contributed by atoms with Crippen LogP contribution in [0.5, 0.6) is 0 Å². The van der Waals surface area contributed by atoms with E-state index in [2.05, 4.69) is 0 Å². The number of piperidine rings is 1. The van der Waals surface area contributed by atoms with Crippen LogP contribution in [0.4, 0.5) is 17.6 Å². The molecule has 0 bridgehead atoms. The van der Waals surface area contributed by atoms with Gasteiger partial charge in [0.15, 0.2) is 23.3 Å². The lowest BCUT2D eigenvalue weighted by atomic mass is 9.92. The third-order valence-corrected chi connectivity index (χ3v) is 3.81. The van der Waals surface area contributed by atoms with E-state index in [9.17, 15) is 22.4 Å². The minimum atomic E-state index is -1.66. The first-order chi connectivity index (χ1) is 9.82. The zero-order valence-electron chi connectivity index (χ0n) is 11.5. The van der Waals surface area contributed by atoms with E-state index in [-0.39, 0.29) is 31.1 Å². The van der Waals surface area contributed by atoms with Crippen molar-refractivity contribution in [2.24, 2.45) is 11.7 Å². The topological polar surface area (TPSA) is 46.3 Å². The van der Waals surface area contributed by atoms with Crippen LogP contribution in [0, 0.1) is 29.2 Å². The molecule has 1 fully saturated rings. The van der Waals surface area contributed by atoms with Crippen LogP contribution in [0.2, 0.25) is 0 Å². The summed E-state index contributed by atoms with van der Waals surface area (Å²) in [7, 11) is 0. The number of likely N-dealkylation sites (tertiary alicyclic amines) is 1. The van der Waals surface area contributed by atoms with Crippen LogP contribution in [-0.2, 0) is 0 Å². The van der Waals surface area contributed by atoms with E-state index in [1.807, 2.05) is 0 Å². The van der Waals surface area contributed by atoms with Gasteiger partial charge in [0.1, 0.15) is 5.56 Å². The molecule has 1 saturated heterocycles. The van der Waals surface area contributed by atoms with Crippen molar-refractivity contribution >= 4 is 5.91 Å². The summed E-state index contributed by atoms with van der Waals surface area (Å²) in [5, 5.41) is 0. The van der Waals surface area contributed by atoms with Crippen LogP contribution < -0.4 is 5.73 Å². The molecule has 2 atom stereocenters. The highest BCUT2D eigenvalue weighted by molar-refractivity contribution is 5.95. The van der Waals surface area contributed by atoms with E-state index in [0.29, 0.717) is 6.42 Å². The summed E-state index contributed by atoms with van der Waals surface area (Å²) in [6.45, 7) is 2.27. The summed E-state index contributed by atoms with van der Waals surface area (Å²) in [4.78, 5) is 13.4. The highest BCUT2D eigenvalue weighted by Crippen LogP contribution is 2.25. The van der Waals surface area contributed by atoms with E-state index in [4.69, 9.17) is 5.73 Å². The van der Waals surface area contributed by atoms with E-state index in [1.54, 1.807) is 6.92 Å². The van der Waals surface area contributed by atoms with Gasteiger partial charge in [-0.2, -0.15) is 0 Å². The molecule has 2 N–H and O–H groups in total. The van der Waals surface area contributed by atoms with Gasteiger partial charge in [0.2, 0.25) is 0 Å². The van der Waals surface area contributed by atoms with Crippen LogP contribution in [0.25, 0.3) is 0 Å². The minimum Gasteiger partial charge on any atom is -0.338 e. The first-order valence-electron chi connectivity index (χ1n) is 6.70. The number of halogens is 4. The Labute approximate surface area is 119 Å². The molecule has 1 aromatic carbocycles. The van der Waals surface area contributed by atoms with Gasteiger partial charge in [-0.1, -0.05) is 0 Å². The van der Waals surface area contributed by atoms with Crippen molar-refractivity contribution in [1.82, 2.24) is 4.90 Å². The minimum absolute atomic E-state index is 0.00720. The van der Waals surface area contributed by atoms with Crippen LogP contribution in [0.3, 0.4) is 0 Å². The monoisotopic (exact) mass is 304 g/mol. The smallest absolute Gasteiger partial charge is 0.260 e. The predicted molar refractivity (Wildman–Crippen MR) is 68.6 cm³/mol. The standard InChI is InChI=1S/C14H16F4N2O/c1-7(19)8-3-2-4-20(6-8)14(21)11-12(17)9(15)5-10(16)13(11)18/h5,7-8H,2-4,6,19H2,1H3/t7-,8+/m1/s1. The van der Waals surface area contributed by atoms with Crippen molar-refractivity contribution in [3.8, 4) is 0 Å². The second-order valence-corrected chi connectivity index (χ2v) is 5.36. The molecule has 1 aliphatic rings. The molecule has 1 aliphatic heterocycles. The molecular formula is C14H16F4N2O. The lowest BCUT2D eigenvalue weighted by Gasteiger charge is -2.34. The third-order valence-electron chi connectivity index (χ3n) is 3.81. The quantitative estimate of drug-likeness (QED) is 0.674. The largest absolute Gasteiger partial charge is 0.338 e. The molecule has 0 radical (unpaired) electrons. The number of hydrogen-bond donors (Lipinski definition) is 1. The number of nitrogens with zero attached hydrogens (tertiary/aromatic N) is 1. The Morgan fingerprint density at radius 3 is 2.38 bits per heavy atom. The molecule has 2 rings (SSSR count). The number of amides is 1. The lowest BCUT2D eigenvalue weighted by Crippen LogP contribution is -2.45. The Balaban J connectivity index is 2.32. The number of nitrogens with two attached hydrogens (primary N) is 1. The summed E-state index contributed by atoms with van der Waals surface area (Å²) in [5.74, 6) is -7.55. The first kappa shape index (κ1) is 15.8. The van der Waals surface area contributed by atoms with Gasteiger partial charge in [0.25, 0.3) is 5.91 Å². The maximum Gasteiger partial charge on any atom is 0.260 e. The van der Waals surface area contributed by atoms with Crippen molar-refractivity contribution < 1.29 is 22.4 Å². The van der Waals surface area contributed by atoms with Crippen LogP contribution in [0.1, 0.15) is 30.1 Å². The Hall–Kier alpha value is -1.63. The molecular weight excluding hydrogens is 288 g/mol. The molecule has 1 aromatic rings. The van der Waals surface area contributed by atoms with Gasteiger partial charge in [0, 0.05) is 25.2 Å². The summed E-state index contributed by atoms with van der Waals surface area (Å²) >= 11 is 0. The average Bonchev–Trinajstić information content (AvgIpc) is 2.45. The molecule has 0 saturated carbocycles. The molecule has 0 aromatic heterocycles. The Morgan fingerprint density at radius 1 is 1.29 bits per heavy atom. The second kappa shape index (κ2) is 6.01. The van der Waals surface area contributed by atoms with Crippen molar-refractivity contribution in [3.63, 3.8) is 0 Å². The summed E-state index contributed by atoms with van der Waals surface area (Å²) in [6, 6.07) is -0.0953. The van der Waals surface area contributed by atoms with Gasteiger partial charge in [-0.05, 0) is 25.7 Å². The Kier molecular flexibility index (Phi) is 4.51. The molecule has 1 heterocycles. The normalized spacial score (nSPS) is 20.5. The van der Waals surface area contributed by atoms with Crippen molar-refractivity contribution in [1.29, 1.82) is 0 Å². The zero-order chi connectivity index (χ0) is 15.7. The Morgan fingerprint density at radius 2 is 1.86 bits per heavy atom. The fourth-order valence-electron chi connectivity index (χ4n) is 2.54. The molecule has 0 spiro atoms. The van der Waals surface area contributed by atoms with Gasteiger partial charge >= 0.3 is 0 Å². The highest BCUT2D eigenvalue weighted by atomic mass is 19.2. The number of benzene rings is 1. The van der Waals surface area contributed by atoms with Crippen molar-refractivity contribution in [2.75, 3.05) is 13.1 Å². The summed E-state index contributed by atoms with van der Waals surface area (Å²) in [5.41, 5.74) is 4.59. The van der Waals surface area contributed by atoms with Crippen LogP contribution >= 0.6 is 0 Å². The fourth-order valence-corrected chi connectivity index (χ4v) is 2.54. The van der Waals surface area contributed by atoms with Crippen LogP contribution in [-0.4, -0.2) is 29.9 Å². The highest BCUT2D eigenvalue weighted by Gasteiger charge is 2.32. The SMILES string of the molecule is C[C@@H](N)[C@H]1CCCN(C(=O)c2c(F)c(F)cc(F)c2F)C1.